The third-order valence-electron chi connectivity index (χ3n) is 4.44. The number of anilines is 1. The number of hydrogen-bond donors (Lipinski definition) is 1. The molecule has 0 spiro atoms. The number of halogens is 3. The molecule has 2 aromatic carbocycles. The summed E-state index contributed by atoms with van der Waals surface area (Å²) in [6.45, 7) is 2.57. The normalized spacial score (nSPS) is 16.0. The number of nitrogens with zero attached hydrogens (tertiary/aromatic N) is 1. The molecule has 1 aliphatic rings. The number of carbonyl (C=O) groups is 1. The molecule has 1 N–H and O–H groups in total. The van der Waals surface area contributed by atoms with Crippen LogP contribution in [0, 0.1) is 5.92 Å². The van der Waals surface area contributed by atoms with Gasteiger partial charge in [0.1, 0.15) is 0 Å². The van der Waals surface area contributed by atoms with Gasteiger partial charge < -0.3 is 5.32 Å². The second-order valence-electron chi connectivity index (χ2n) is 6.29. The number of carbonyl (C=O) groups excluding carboxylic acids is 1. The van der Waals surface area contributed by atoms with Gasteiger partial charge in [-0.1, -0.05) is 53.0 Å². The standard InChI is InChI=1S/C19H19Cl3N2O/c20-15-9-16(21)11-17(10-15)23-19(25)13-5-7-24(8-6-13)12-14-3-1-2-4-18(14)22/h1-4,9-11,13H,5-8,12H2,(H,23,25). The van der Waals surface area contributed by atoms with Crippen LogP contribution in [0.15, 0.2) is 42.5 Å². The Hall–Kier alpha value is -1.26. The molecule has 1 saturated heterocycles. The average molecular weight is 398 g/mol. The molecule has 0 aliphatic carbocycles. The Morgan fingerprint density at radius 1 is 1.04 bits per heavy atom. The molecule has 132 valence electrons. The van der Waals surface area contributed by atoms with E-state index in [4.69, 9.17) is 34.8 Å². The van der Waals surface area contributed by atoms with Crippen LogP contribution in [0.5, 0.6) is 0 Å². The van der Waals surface area contributed by atoms with Gasteiger partial charge in [0, 0.05) is 33.2 Å². The summed E-state index contributed by atoms with van der Waals surface area (Å²) < 4.78 is 0. The zero-order valence-electron chi connectivity index (χ0n) is 13.6. The number of piperidine rings is 1. The zero-order valence-corrected chi connectivity index (χ0v) is 15.9. The predicted molar refractivity (Wildman–Crippen MR) is 105 cm³/mol. The lowest BCUT2D eigenvalue weighted by Gasteiger charge is -2.31. The number of rotatable bonds is 4. The van der Waals surface area contributed by atoms with Gasteiger partial charge in [0.15, 0.2) is 0 Å². The molecule has 0 aromatic heterocycles. The quantitative estimate of drug-likeness (QED) is 0.739. The Labute approximate surface area is 162 Å². The maximum Gasteiger partial charge on any atom is 0.227 e. The minimum absolute atomic E-state index is 0.000234. The SMILES string of the molecule is O=C(Nc1cc(Cl)cc(Cl)c1)C1CCN(Cc2ccccc2Cl)CC1. The molecule has 0 unspecified atom stereocenters. The van der Waals surface area contributed by atoms with Crippen molar-refractivity contribution in [3.05, 3.63) is 63.1 Å². The fourth-order valence-electron chi connectivity index (χ4n) is 3.09. The van der Waals surface area contributed by atoms with Gasteiger partial charge in [-0.05, 0) is 55.8 Å². The molecule has 25 heavy (non-hydrogen) atoms. The number of amides is 1. The minimum Gasteiger partial charge on any atom is -0.326 e. The maximum atomic E-state index is 12.5. The number of likely N-dealkylation sites (tertiary alicyclic amines) is 1. The van der Waals surface area contributed by atoms with Gasteiger partial charge in [0.25, 0.3) is 0 Å². The van der Waals surface area contributed by atoms with E-state index in [-0.39, 0.29) is 11.8 Å². The first kappa shape index (κ1) is 18.5. The number of nitrogens with one attached hydrogen (secondary N) is 1. The molecule has 1 aliphatic heterocycles. The van der Waals surface area contributed by atoms with Crippen molar-refractivity contribution in [1.82, 2.24) is 4.90 Å². The first-order valence-corrected chi connectivity index (χ1v) is 9.37. The van der Waals surface area contributed by atoms with Crippen LogP contribution in [0.2, 0.25) is 15.1 Å². The van der Waals surface area contributed by atoms with Gasteiger partial charge in [-0.3, -0.25) is 9.69 Å². The molecule has 1 fully saturated rings. The molecule has 1 amide bonds. The van der Waals surface area contributed by atoms with Crippen molar-refractivity contribution in [3.8, 4) is 0 Å². The van der Waals surface area contributed by atoms with Gasteiger partial charge in [0.05, 0.1) is 0 Å². The highest BCUT2D eigenvalue weighted by molar-refractivity contribution is 6.35. The van der Waals surface area contributed by atoms with Crippen LogP contribution in [0.4, 0.5) is 5.69 Å². The molecule has 2 aromatic rings. The molecule has 6 heteroatoms. The van der Waals surface area contributed by atoms with Gasteiger partial charge >= 0.3 is 0 Å². The average Bonchev–Trinajstić information content (AvgIpc) is 2.56. The highest BCUT2D eigenvalue weighted by Crippen LogP contribution is 2.26. The van der Waals surface area contributed by atoms with Crippen LogP contribution in [0.25, 0.3) is 0 Å². The second-order valence-corrected chi connectivity index (χ2v) is 7.57. The van der Waals surface area contributed by atoms with Crippen LogP contribution in [0.1, 0.15) is 18.4 Å². The van der Waals surface area contributed by atoms with Crippen molar-refractivity contribution in [2.75, 3.05) is 18.4 Å². The summed E-state index contributed by atoms with van der Waals surface area (Å²) >= 11 is 18.2. The van der Waals surface area contributed by atoms with Gasteiger partial charge in [-0.25, -0.2) is 0 Å². The monoisotopic (exact) mass is 396 g/mol. The summed E-state index contributed by atoms with van der Waals surface area (Å²) in [7, 11) is 0. The minimum atomic E-state index is 0.000234. The van der Waals surface area contributed by atoms with E-state index in [9.17, 15) is 4.79 Å². The van der Waals surface area contributed by atoms with Crippen molar-refractivity contribution >= 4 is 46.4 Å². The van der Waals surface area contributed by atoms with Crippen LogP contribution in [0.3, 0.4) is 0 Å². The van der Waals surface area contributed by atoms with Crippen LogP contribution >= 0.6 is 34.8 Å². The summed E-state index contributed by atoms with van der Waals surface area (Å²) in [4.78, 5) is 14.8. The van der Waals surface area contributed by atoms with Crippen LogP contribution < -0.4 is 5.32 Å². The fourth-order valence-corrected chi connectivity index (χ4v) is 3.81. The topological polar surface area (TPSA) is 32.3 Å². The summed E-state index contributed by atoms with van der Waals surface area (Å²) in [5.74, 6) is 0.0241. The summed E-state index contributed by atoms with van der Waals surface area (Å²) in [5, 5.41) is 4.73. The Bertz CT molecular complexity index is 738. The lowest BCUT2D eigenvalue weighted by molar-refractivity contribution is -0.121. The van der Waals surface area contributed by atoms with E-state index in [1.54, 1.807) is 18.2 Å². The summed E-state index contributed by atoms with van der Waals surface area (Å²) in [6, 6.07) is 12.9. The molecule has 3 nitrogen and oxygen atoms in total. The molecule has 0 bridgehead atoms. The lowest BCUT2D eigenvalue weighted by Crippen LogP contribution is -2.37. The molecule has 0 atom stereocenters. The van der Waals surface area contributed by atoms with Gasteiger partial charge in [0.2, 0.25) is 5.91 Å². The van der Waals surface area contributed by atoms with Crippen LogP contribution in [-0.4, -0.2) is 23.9 Å². The van der Waals surface area contributed by atoms with Crippen molar-refractivity contribution in [2.45, 2.75) is 19.4 Å². The third-order valence-corrected chi connectivity index (χ3v) is 5.25. The van der Waals surface area contributed by atoms with E-state index in [0.29, 0.717) is 15.7 Å². The van der Waals surface area contributed by atoms with Gasteiger partial charge in [-0.2, -0.15) is 0 Å². The molecule has 0 radical (unpaired) electrons. The Balaban J connectivity index is 1.53. The van der Waals surface area contributed by atoms with E-state index in [2.05, 4.69) is 10.2 Å². The Morgan fingerprint density at radius 2 is 1.68 bits per heavy atom. The third kappa shape index (κ3) is 5.11. The van der Waals surface area contributed by atoms with Crippen molar-refractivity contribution in [1.29, 1.82) is 0 Å². The largest absolute Gasteiger partial charge is 0.326 e. The fraction of sp³-hybridized carbons (Fsp3) is 0.316. The summed E-state index contributed by atoms with van der Waals surface area (Å²) in [5.41, 5.74) is 1.77. The van der Waals surface area contributed by atoms with E-state index >= 15 is 0 Å². The molecule has 3 rings (SSSR count). The van der Waals surface area contributed by atoms with Gasteiger partial charge in [-0.15, -0.1) is 0 Å². The lowest BCUT2D eigenvalue weighted by atomic mass is 9.95. The Morgan fingerprint density at radius 3 is 2.32 bits per heavy atom. The van der Waals surface area contributed by atoms with E-state index in [1.165, 1.54) is 0 Å². The van der Waals surface area contributed by atoms with E-state index in [0.717, 1.165) is 43.1 Å². The number of hydrogen-bond acceptors (Lipinski definition) is 2. The number of benzene rings is 2. The summed E-state index contributed by atoms with van der Waals surface area (Å²) in [6.07, 6.45) is 1.65. The van der Waals surface area contributed by atoms with Crippen molar-refractivity contribution < 1.29 is 4.79 Å². The maximum absolute atomic E-state index is 12.5. The first-order chi connectivity index (χ1) is 12.0. The predicted octanol–water partition coefficient (Wildman–Crippen LogP) is 5.50. The molecular formula is C19H19Cl3N2O. The molecule has 1 heterocycles. The highest BCUT2D eigenvalue weighted by atomic mass is 35.5. The smallest absolute Gasteiger partial charge is 0.227 e. The first-order valence-electron chi connectivity index (χ1n) is 8.24. The van der Waals surface area contributed by atoms with Crippen molar-refractivity contribution in [2.24, 2.45) is 5.92 Å². The van der Waals surface area contributed by atoms with E-state index < -0.39 is 0 Å². The van der Waals surface area contributed by atoms with Crippen LogP contribution in [-0.2, 0) is 11.3 Å². The van der Waals surface area contributed by atoms with Crippen molar-refractivity contribution in [3.63, 3.8) is 0 Å². The molecular weight excluding hydrogens is 379 g/mol. The second kappa shape index (κ2) is 8.41. The zero-order chi connectivity index (χ0) is 17.8. The Kier molecular flexibility index (Phi) is 6.24. The molecule has 0 saturated carbocycles. The highest BCUT2D eigenvalue weighted by Gasteiger charge is 2.25. The van der Waals surface area contributed by atoms with E-state index in [1.807, 2.05) is 24.3 Å².